The Morgan fingerprint density at radius 2 is 2.06 bits per heavy atom. The van der Waals surface area contributed by atoms with Crippen LogP contribution in [0.15, 0.2) is 24.3 Å². The predicted molar refractivity (Wildman–Crippen MR) is 73.7 cm³/mol. The summed E-state index contributed by atoms with van der Waals surface area (Å²) in [7, 11) is -0.725. The molecule has 1 unspecified atom stereocenters. The van der Waals surface area contributed by atoms with Crippen molar-refractivity contribution < 1.29 is 8.95 Å². The highest BCUT2D eigenvalue weighted by atomic mass is 32.2. The van der Waals surface area contributed by atoms with Crippen LogP contribution in [0.5, 0.6) is 5.75 Å². The Morgan fingerprint density at radius 1 is 1.35 bits per heavy atom. The Bertz CT molecular complexity index is 366. The summed E-state index contributed by atoms with van der Waals surface area (Å²) >= 11 is 0. The monoisotopic (exact) mass is 255 g/mol. The van der Waals surface area contributed by atoms with E-state index in [1.54, 1.807) is 0 Å². The first-order chi connectivity index (χ1) is 8.09. The van der Waals surface area contributed by atoms with Crippen LogP contribution in [0.1, 0.15) is 20.3 Å². The lowest BCUT2D eigenvalue weighted by atomic mass is 10.3. The Labute approximate surface area is 106 Å². The molecule has 0 spiro atoms. The van der Waals surface area contributed by atoms with E-state index in [2.05, 4.69) is 13.8 Å². The van der Waals surface area contributed by atoms with E-state index in [4.69, 9.17) is 10.5 Å². The zero-order valence-corrected chi connectivity index (χ0v) is 11.3. The van der Waals surface area contributed by atoms with Gasteiger partial charge in [0.15, 0.2) is 0 Å². The summed E-state index contributed by atoms with van der Waals surface area (Å²) in [5, 5.41) is 0. The van der Waals surface area contributed by atoms with Crippen LogP contribution in [0.2, 0.25) is 0 Å². The number of para-hydroxylation sites is 2. The van der Waals surface area contributed by atoms with Crippen LogP contribution in [0.4, 0.5) is 5.69 Å². The molecule has 0 aliphatic rings. The van der Waals surface area contributed by atoms with Gasteiger partial charge in [-0.2, -0.15) is 0 Å². The fourth-order valence-corrected chi connectivity index (χ4v) is 2.82. The number of nitrogen functional groups attached to an aromatic ring is 1. The molecule has 0 radical (unpaired) electrons. The van der Waals surface area contributed by atoms with Crippen LogP contribution in [0.25, 0.3) is 0 Å². The molecule has 0 aliphatic carbocycles. The number of benzene rings is 1. The zero-order valence-electron chi connectivity index (χ0n) is 10.5. The number of anilines is 1. The second-order valence-electron chi connectivity index (χ2n) is 4.44. The van der Waals surface area contributed by atoms with Crippen LogP contribution in [-0.2, 0) is 10.8 Å². The van der Waals surface area contributed by atoms with Crippen molar-refractivity contribution >= 4 is 16.5 Å². The van der Waals surface area contributed by atoms with Crippen molar-refractivity contribution in [3.8, 4) is 5.75 Å². The maximum atomic E-state index is 11.6. The van der Waals surface area contributed by atoms with Crippen LogP contribution in [0, 0.1) is 5.92 Å². The minimum absolute atomic E-state index is 0.488. The average Bonchev–Trinajstić information content (AvgIpc) is 2.25. The number of hydrogen-bond acceptors (Lipinski definition) is 3. The topological polar surface area (TPSA) is 52.3 Å². The molecule has 0 amide bonds. The van der Waals surface area contributed by atoms with Gasteiger partial charge in [0.2, 0.25) is 0 Å². The molecule has 0 aromatic heterocycles. The van der Waals surface area contributed by atoms with E-state index in [1.807, 2.05) is 24.3 Å². The normalized spacial score (nSPS) is 12.6. The van der Waals surface area contributed by atoms with Crippen molar-refractivity contribution in [3.63, 3.8) is 0 Å². The van der Waals surface area contributed by atoms with Gasteiger partial charge in [0.05, 0.1) is 12.3 Å². The van der Waals surface area contributed by atoms with Gasteiger partial charge in [0.1, 0.15) is 5.75 Å². The molecule has 0 fully saturated rings. The van der Waals surface area contributed by atoms with E-state index in [0.29, 0.717) is 29.7 Å². The van der Waals surface area contributed by atoms with Gasteiger partial charge in [0.25, 0.3) is 0 Å². The Kier molecular flexibility index (Phi) is 6.05. The maximum absolute atomic E-state index is 11.6. The molecule has 4 heteroatoms. The molecule has 2 N–H and O–H groups in total. The molecule has 1 aromatic carbocycles. The standard InChI is InChI=1S/C13H21NO2S/c1-11(2)10-17(15)9-5-8-16-13-7-4-3-6-12(13)14/h3-4,6-7,11H,5,8-10,14H2,1-2H3. The predicted octanol–water partition coefficient (Wildman–Crippen LogP) is 2.44. The molecule has 3 nitrogen and oxygen atoms in total. The summed E-state index contributed by atoms with van der Waals surface area (Å²) in [5.41, 5.74) is 6.39. The van der Waals surface area contributed by atoms with Crippen LogP contribution < -0.4 is 10.5 Å². The molecule has 0 heterocycles. The molecular weight excluding hydrogens is 234 g/mol. The Morgan fingerprint density at radius 3 is 2.71 bits per heavy atom. The summed E-state index contributed by atoms with van der Waals surface area (Å²) in [6, 6.07) is 7.43. The molecule has 1 aromatic rings. The van der Waals surface area contributed by atoms with Crippen molar-refractivity contribution in [2.75, 3.05) is 23.8 Å². The van der Waals surface area contributed by atoms with Crippen molar-refractivity contribution in [2.45, 2.75) is 20.3 Å². The molecule has 1 atom stereocenters. The fourth-order valence-electron chi connectivity index (χ4n) is 1.47. The highest BCUT2D eigenvalue weighted by Crippen LogP contribution is 2.19. The van der Waals surface area contributed by atoms with E-state index in [0.717, 1.165) is 12.2 Å². The largest absolute Gasteiger partial charge is 0.491 e. The number of ether oxygens (including phenoxy) is 1. The molecule has 0 aliphatic heterocycles. The first kappa shape index (κ1) is 14.0. The summed E-state index contributed by atoms with van der Waals surface area (Å²) in [4.78, 5) is 0. The first-order valence-corrected chi connectivity index (χ1v) is 7.40. The second-order valence-corrected chi connectivity index (χ2v) is 6.07. The molecule has 1 rings (SSSR count). The summed E-state index contributed by atoms with van der Waals surface area (Å²) in [6.07, 6.45) is 0.799. The molecule has 0 saturated heterocycles. The SMILES string of the molecule is CC(C)CS(=O)CCCOc1ccccc1N. The molecule has 0 bridgehead atoms. The fraction of sp³-hybridized carbons (Fsp3) is 0.538. The minimum atomic E-state index is -0.725. The van der Waals surface area contributed by atoms with Gasteiger partial charge in [-0.1, -0.05) is 26.0 Å². The smallest absolute Gasteiger partial charge is 0.142 e. The highest BCUT2D eigenvalue weighted by molar-refractivity contribution is 7.84. The van der Waals surface area contributed by atoms with Gasteiger partial charge >= 0.3 is 0 Å². The van der Waals surface area contributed by atoms with Gasteiger partial charge in [0, 0.05) is 22.3 Å². The van der Waals surface area contributed by atoms with E-state index >= 15 is 0 Å². The van der Waals surface area contributed by atoms with Crippen LogP contribution in [-0.4, -0.2) is 22.3 Å². The van der Waals surface area contributed by atoms with Gasteiger partial charge < -0.3 is 10.5 Å². The Balaban J connectivity index is 2.21. The molecule has 96 valence electrons. The summed E-state index contributed by atoms with van der Waals surface area (Å²) in [5.74, 6) is 2.67. The van der Waals surface area contributed by atoms with E-state index in [-0.39, 0.29) is 0 Å². The van der Waals surface area contributed by atoms with Gasteiger partial charge in [-0.05, 0) is 24.5 Å². The van der Waals surface area contributed by atoms with Crippen molar-refractivity contribution in [1.29, 1.82) is 0 Å². The lowest BCUT2D eigenvalue weighted by Gasteiger charge is -2.08. The summed E-state index contributed by atoms with van der Waals surface area (Å²) < 4.78 is 17.1. The van der Waals surface area contributed by atoms with Gasteiger partial charge in [-0.3, -0.25) is 4.21 Å². The third kappa shape index (κ3) is 5.73. The number of rotatable bonds is 7. The number of hydrogen-bond donors (Lipinski definition) is 1. The third-order valence-corrected chi connectivity index (χ3v) is 3.99. The van der Waals surface area contributed by atoms with E-state index in [9.17, 15) is 4.21 Å². The van der Waals surface area contributed by atoms with Crippen LogP contribution in [0.3, 0.4) is 0 Å². The van der Waals surface area contributed by atoms with Crippen molar-refractivity contribution in [2.24, 2.45) is 5.92 Å². The maximum Gasteiger partial charge on any atom is 0.142 e. The van der Waals surface area contributed by atoms with E-state index < -0.39 is 10.8 Å². The summed E-state index contributed by atoms with van der Waals surface area (Å²) in [6.45, 7) is 4.73. The van der Waals surface area contributed by atoms with Crippen LogP contribution >= 0.6 is 0 Å². The lowest BCUT2D eigenvalue weighted by molar-refractivity contribution is 0.320. The molecular formula is C13H21NO2S. The lowest BCUT2D eigenvalue weighted by Crippen LogP contribution is -2.11. The third-order valence-electron chi connectivity index (χ3n) is 2.21. The number of nitrogens with two attached hydrogens (primary N) is 1. The van der Waals surface area contributed by atoms with Gasteiger partial charge in [-0.25, -0.2) is 0 Å². The zero-order chi connectivity index (χ0) is 12.7. The van der Waals surface area contributed by atoms with Gasteiger partial charge in [-0.15, -0.1) is 0 Å². The molecule has 0 saturated carbocycles. The molecule has 17 heavy (non-hydrogen) atoms. The van der Waals surface area contributed by atoms with Crippen molar-refractivity contribution in [3.05, 3.63) is 24.3 Å². The highest BCUT2D eigenvalue weighted by Gasteiger charge is 2.03. The van der Waals surface area contributed by atoms with E-state index in [1.165, 1.54) is 0 Å². The quantitative estimate of drug-likeness (QED) is 0.601. The first-order valence-electron chi connectivity index (χ1n) is 5.92. The average molecular weight is 255 g/mol. The second kappa shape index (κ2) is 7.33. The minimum Gasteiger partial charge on any atom is -0.491 e. The van der Waals surface area contributed by atoms with Crippen molar-refractivity contribution in [1.82, 2.24) is 0 Å². The Hall–Kier alpha value is -1.03.